The first-order chi connectivity index (χ1) is 7.70. The molecule has 0 spiro atoms. The number of rotatable bonds is 2. The normalized spacial score (nSPS) is 16.1. The van der Waals surface area contributed by atoms with Crippen molar-refractivity contribution in [1.29, 1.82) is 0 Å². The third kappa shape index (κ3) is 2.07. The number of nitrogens with two attached hydrogens (primary N) is 1. The Balaban J connectivity index is 2.19. The molecule has 0 saturated carbocycles. The average molecular weight is 240 g/mol. The third-order valence-electron chi connectivity index (χ3n) is 2.42. The van der Waals surface area contributed by atoms with Crippen LogP contribution in [0.4, 0.5) is 0 Å². The summed E-state index contributed by atoms with van der Waals surface area (Å²) in [6.07, 6.45) is 0. The van der Waals surface area contributed by atoms with Gasteiger partial charge in [0.15, 0.2) is 0 Å². The van der Waals surface area contributed by atoms with Crippen LogP contribution in [0.15, 0.2) is 11.4 Å². The molecule has 6 heteroatoms. The van der Waals surface area contributed by atoms with Crippen molar-refractivity contribution in [3.63, 3.8) is 0 Å². The Hall–Kier alpha value is -1.40. The smallest absolute Gasteiger partial charge is 0.259 e. The van der Waals surface area contributed by atoms with Crippen molar-refractivity contribution in [2.45, 2.75) is 0 Å². The standard InChI is InChI=1S/C10H12N2O3S/c11-9(13)8-7(1-6-16-8)10(14)12-2-4-15-5-3-12/h1,6H,2-5H2,(H2,11,13). The lowest BCUT2D eigenvalue weighted by Crippen LogP contribution is -2.41. The van der Waals surface area contributed by atoms with Gasteiger partial charge in [0.05, 0.1) is 18.8 Å². The molecule has 1 aromatic rings. The molecule has 1 saturated heterocycles. The van der Waals surface area contributed by atoms with Crippen LogP contribution in [0.5, 0.6) is 0 Å². The van der Waals surface area contributed by atoms with Gasteiger partial charge in [0.1, 0.15) is 4.88 Å². The molecule has 0 bridgehead atoms. The zero-order chi connectivity index (χ0) is 11.5. The minimum atomic E-state index is -0.549. The molecule has 0 aliphatic carbocycles. The molecule has 2 amide bonds. The fourth-order valence-corrected chi connectivity index (χ4v) is 2.34. The summed E-state index contributed by atoms with van der Waals surface area (Å²) >= 11 is 1.20. The molecule has 0 radical (unpaired) electrons. The van der Waals surface area contributed by atoms with Crippen LogP contribution in [0.3, 0.4) is 0 Å². The number of morpholine rings is 1. The van der Waals surface area contributed by atoms with Crippen LogP contribution in [0.2, 0.25) is 0 Å². The van der Waals surface area contributed by atoms with Crippen molar-refractivity contribution in [2.24, 2.45) is 5.73 Å². The van der Waals surface area contributed by atoms with Crippen LogP contribution in [0.25, 0.3) is 0 Å². The minimum Gasteiger partial charge on any atom is -0.378 e. The van der Waals surface area contributed by atoms with Gasteiger partial charge in [-0.15, -0.1) is 11.3 Å². The van der Waals surface area contributed by atoms with Crippen LogP contribution in [0, 0.1) is 0 Å². The highest BCUT2D eigenvalue weighted by molar-refractivity contribution is 7.12. The fourth-order valence-electron chi connectivity index (χ4n) is 1.61. The van der Waals surface area contributed by atoms with E-state index in [0.717, 1.165) is 0 Å². The summed E-state index contributed by atoms with van der Waals surface area (Å²) in [5, 5.41) is 1.70. The molecule has 2 heterocycles. The summed E-state index contributed by atoms with van der Waals surface area (Å²) in [7, 11) is 0. The summed E-state index contributed by atoms with van der Waals surface area (Å²) in [4.78, 5) is 25.2. The van der Waals surface area contributed by atoms with Crippen LogP contribution >= 0.6 is 11.3 Å². The van der Waals surface area contributed by atoms with Crippen LogP contribution in [-0.2, 0) is 4.74 Å². The van der Waals surface area contributed by atoms with Crippen molar-refractivity contribution in [1.82, 2.24) is 4.90 Å². The van der Waals surface area contributed by atoms with Gasteiger partial charge in [0.2, 0.25) is 0 Å². The predicted molar refractivity (Wildman–Crippen MR) is 59.6 cm³/mol. The Morgan fingerprint density at radius 1 is 1.38 bits per heavy atom. The van der Waals surface area contributed by atoms with Crippen molar-refractivity contribution in [3.8, 4) is 0 Å². The van der Waals surface area contributed by atoms with Gasteiger partial charge in [-0.05, 0) is 11.4 Å². The van der Waals surface area contributed by atoms with E-state index < -0.39 is 5.91 Å². The molecule has 1 aliphatic heterocycles. The first-order valence-corrected chi connectivity index (χ1v) is 5.82. The number of primary amides is 1. The van der Waals surface area contributed by atoms with Crippen molar-refractivity contribution in [3.05, 3.63) is 21.9 Å². The van der Waals surface area contributed by atoms with Gasteiger partial charge < -0.3 is 15.4 Å². The van der Waals surface area contributed by atoms with Crippen molar-refractivity contribution in [2.75, 3.05) is 26.3 Å². The van der Waals surface area contributed by atoms with Gasteiger partial charge in [0, 0.05) is 13.1 Å². The maximum Gasteiger partial charge on any atom is 0.259 e. The van der Waals surface area contributed by atoms with Crippen molar-refractivity contribution >= 4 is 23.2 Å². The second-order valence-corrected chi connectivity index (χ2v) is 4.35. The molecular formula is C10H12N2O3S. The molecule has 2 N–H and O–H groups in total. The molecule has 2 rings (SSSR count). The van der Waals surface area contributed by atoms with Gasteiger partial charge in [-0.1, -0.05) is 0 Å². The molecular weight excluding hydrogens is 228 g/mol. The van der Waals surface area contributed by atoms with E-state index in [2.05, 4.69) is 0 Å². The minimum absolute atomic E-state index is 0.140. The first kappa shape index (κ1) is 11.1. The summed E-state index contributed by atoms with van der Waals surface area (Å²) in [5.74, 6) is -0.690. The number of hydrogen-bond donors (Lipinski definition) is 1. The Morgan fingerprint density at radius 2 is 2.06 bits per heavy atom. The van der Waals surface area contributed by atoms with Gasteiger partial charge in [0.25, 0.3) is 11.8 Å². The zero-order valence-corrected chi connectivity index (χ0v) is 9.46. The van der Waals surface area contributed by atoms with Crippen LogP contribution < -0.4 is 5.73 Å². The van der Waals surface area contributed by atoms with Gasteiger partial charge in [-0.3, -0.25) is 9.59 Å². The maximum absolute atomic E-state index is 12.1. The van der Waals surface area contributed by atoms with Gasteiger partial charge in [-0.2, -0.15) is 0 Å². The van der Waals surface area contributed by atoms with E-state index in [9.17, 15) is 9.59 Å². The number of hydrogen-bond acceptors (Lipinski definition) is 4. The van der Waals surface area contributed by atoms with Crippen LogP contribution in [-0.4, -0.2) is 43.0 Å². The highest BCUT2D eigenvalue weighted by atomic mass is 32.1. The van der Waals surface area contributed by atoms with E-state index in [1.807, 2.05) is 0 Å². The number of ether oxygens (including phenoxy) is 1. The Bertz CT molecular complexity index is 410. The number of thiophene rings is 1. The maximum atomic E-state index is 12.1. The molecule has 1 aliphatic rings. The molecule has 0 atom stereocenters. The summed E-state index contributed by atoms with van der Waals surface area (Å²) in [6.45, 7) is 2.21. The molecule has 16 heavy (non-hydrogen) atoms. The lowest BCUT2D eigenvalue weighted by molar-refractivity contribution is 0.0302. The Kier molecular flexibility index (Phi) is 3.21. The lowest BCUT2D eigenvalue weighted by Gasteiger charge is -2.26. The summed E-state index contributed by atoms with van der Waals surface area (Å²) in [6, 6.07) is 1.64. The second kappa shape index (κ2) is 4.63. The van der Waals surface area contributed by atoms with E-state index in [4.69, 9.17) is 10.5 Å². The molecule has 5 nitrogen and oxygen atoms in total. The van der Waals surface area contributed by atoms with E-state index in [-0.39, 0.29) is 5.91 Å². The van der Waals surface area contributed by atoms with Gasteiger partial charge in [-0.25, -0.2) is 0 Å². The zero-order valence-electron chi connectivity index (χ0n) is 8.64. The lowest BCUT2D eigenvalue weighted by atomic mass is 10.2. The monoisotopic (exact) mass is 240 g/mol. The number of nitrogens with zero attached hydrogens (tertiary/aromatic N) is 1. The first-order valence-electron chi connectivity index (χ1n) is 4.94. The Morgan fingerprint density at radius 3 is 2.69 bits per heavy atom. The molecule has 0 aromatic carbocycles. The van der Waals surface area contributed by atoms with E-state index >= 15 is 0 Å². The number of amides is 2. The SMILES string of the molecule is NC(=O)c1sccc1C(=O)N1CCOCC1. The van der Waals surface area contributed by atoms with E-state index in [1.165, 1.54) is 11.3 Å². The van der Waals surface area contributed by atoms with E-state index in [1.54, 1.807) is 16.3 Å². The highest BCUT2D eigenvalue weighted by Crippen LogP contribution is 2.18. The number of carbonyl (C=O) groups excluding carboxylic acids is 2. The second-order valence-electron chi connectivity index (χ2n) is 3.43. The number of carbonyl (C=O) groups is 2. The average Bonchev–Trinajstić information content (AvgIpc) is 2.78. The molecule has 0 unspecified atom stereocenters. The molecule has 1 aromatic heterocycles. The Labute approximate surface area is 96.8 Å². The van der Waals surface area contributed by atoms with E-state index in [0.29, 0.717) is 36.7 Å². The predicted octanol–water partition coefficient (Wildman–Crippen LogP) is 0.319. The topological polar surface area (TPSA) is 72.6 Å². The quantitative estimate of drug-likeness (QED) is 0.809. The summed E-state index contributed by atoms with van der Waals surface area (Å²) < 4.78 is 5.16. The van der Waals surface area contributed by atoms with Crippen LogP contribution in [0.1, 0.15) is 20.0 Å². The fraction of sp³-hybridized carbons (Fsp3) is 0.400. The van der Waals surface area contributed by atoms with Gasteiger partial charge >= 0.3 is 0 Å². The highest BCUT2D eigenvalue weighted by Gasteiger charge is 2.23. The third-order valence-corrected chi connectivity index (χ3v) is 3.35. The molecule has 1 fully saturated rings. The summed E-state index contributed by atoms with van der Waals surface area (Å²) in [5.41, 5.74) is 5.60. The van der Waals surface area contributed by atoms with Crippen molar-refractivity contribution < 1.29 is 14.3 Å². The molecule has 86 valence electrons. The largest absolute Gasteiger partial charge is 0.378 e.